The van der Waals surface area contributed by atoms with Crippen LogP contribution < -0.4 is 10.6 Å². The van der Waals surface area contributed by atoms with Crippen LogP contribution in [0.15, 0.2) is 30.3 Å². The van der Waals surface area contributed by atoms with E-state index >= 15 is 0 Å². The molecule has 3 unspecified atom stereocenters. The van der Waals surface area contributed by atoms with Gasteiger partial charge in [0, 0.05) is 19.6 Å². The summed E-state index contributed by atoms with van der Waals surface area (Å²) in [6.45, 7) is 7.54. The number of morpholine rings is 1. The van der Waals surface area contributed by atoms with E-state index in [2.05, 4.69) is 10.6 Å². The van der Waals surface area contributed by atoms with Gasteiger partial charge < -0.3 is 10.1 Å². The summed E-state index contributed by atoms with van der Waals surface area (Å²) in [5.74, 6) is -0.295. The van der Waals surface area contributed by atoms with E-state index in [0.29, 0.717) is 19.6 Å². The van der Waals surface area contributed by atoms with Crippen molar-refractivity contribution in [3.05, 3.63) is 35.9 Å². The van der Waals surface area contributed by atoms with Crippen molar-refractivity contribution in [2.75, 3.05) is 13.1 Å². The number of imide groups is 1. The highest BCUT2D eigenvalue weighted by Crippen LogP contribution is 2.13. The van der Waals surface area contributed by atoms with E-state index in [1.165, 1.54) is 0 Å². The lowest BCUT2D eigenvalue weighted by Crippen LogP contribution is -2.55. The minimum Gasteiger partial charge on any atom is -0.373 e. The summed E-state index contributed by atoms with van der Waals surface area (Å²) in [5.41, 5.74) is 0.985. The van der Waals surface area contributed by atoms with Gasteiger partial charge in [0.1, 0.15) is 0 Å². The first-order valence-corrected chi connectivity index (χ1v) is 7.98. The zero-order chi connectivity index (χ0) is 16.8. The van der Waals surface area contributed by atoms with Gasteiger partial charge in [-0.25, -0.2) is 4.79 Å². The van der Waals surface area contributed by atoms with Crippen molar-refractivity contribution in [1.82, 2.24) is 15.5 Å². The number of nitrogens with one attached hydrogen (secondary N) is 2. The molecule has 1 aliphatic heterocycles. The molecule has 1 fully saturated rings. The van der Waals surface area contributed by atoms with E-state index in [1.807, 2.05) is 56.0 Å². The van der Waals surface area contributed by atoms with Gasteiger partial charge in [-0.3, -0.25) is 15.0 Å². The SMILES string of the molecule is CC1CN(C(C)C(=O)NC(=O)NCc2ccccc2)CC(C)O1. The maximum Gasteiger partial charge on any atom is 0.321 e. The van der Waals surface area contributed by atoms with Crippen molar-refractivity contribution in [3.8, 4) is 0 Å². The number of benzene rings is 1. The van der Waals surface area contributed by atoms with Crippen LogP contribution in [0.2, 0.25) is 0 Å². The first kappa shape index (κ1) is 17.4. The molecule has 1 aliphatic rings. The fourth-order valence-electron chi connectivity index (χ4n) is 2.74. The predicted molar refractivity (Wildman–Crippen MR) is 87.9 cm³/mol. The van der Waals surface area contributed by atoms with Crippen LogP contribution >= 0.6 is 0 Å². The minimum atomic E-state index is -0.472. The minimum absolute atomic E-state index is 0.0842. The van der Waals surface area contributed by atoms with Crippen LogP contribution in [-0.2, 0) is 16.1 Å². The number of amides is 3. The molecular formula is C17H25N3O3. The number of ether oxygens (including phenoxy) is 1. The van der Waals surface area contributed by atoms with Crippen molar-refractivity contribution in [2.45, 2.75) is 45.6 Å². The number of hydrogen-bond donors (Lipinski definition) is 2. The van der Waals surface area contributed by atoms with E-state index in [4.69, 9.17) is 4.74 Å². The molecule has 2 rings (SSSR count). The Kier molecular flexibility index (Phi) is 6.12. The van der Waals surface area contributed by atoms with Crippen LogP contribution in [0.1, 0.15) is 26.3 Å². The van der Waals surface area contributed by atoms with Crippen LogP contribution in [0.3, 0.4) is 0 Å². The number of hydrogen-bond acceptors (Lipinski definition) is 4. The fourth-order valence-corrected chi connectivity index (χ4v) is 2.74. The van der Waals surface area contributed by atoms with Crippen molar-refractivity contribution < 1.29 is 14.3 Å². The zero-order valence-electron chi connectivity index (χ0n) is 13.9. The van der Waals surface area contributed by atoms with Gasteiger partial charge in [0.2, 0.25) is 5.91 Å². The highest BCUT2D eigenvalue weighted by molar-refractivity contribution is 5.96. The second-order valence-corrected chi connectivity index (χ2v) is 6.04. The Labute approximate surface area is 137 Å². The molecule has 126 valence electrons. The number of rotatable bonds is 4. The molecule has 3 amide bonds. The Morgan fingerprint density at radius 3 is 2.43 bits per heavy atom. The number of carbonyl (C=O) groups excluding carboxylic acids is 2. The zero-order valence-corrected chi connectivity index (χ0v) is 13.9. The third-order valence-electron chi connectivity index (χ3n) is 3.91. The average molecular weight is 319 g/mol. The molecule has 3 atom stereocenters. The van der Waals surface area contributed by atoms with Crippen molar-refractivity contribution >= 4 is 11.9 Å². The van der Waals surface area contributed by atoms with Crippen LogP contribution in [0, 0.1) is 0 Å². The van der Waals surface area contributed by atoms with Gasteiger partial charge in [0.15, 0.2) is 0 Å². The summed E-state index contributed by atoms with van der Waals surface area (Å²) >= 11 is 0. The highest BCUT2D eigenvalue weighted by Gasteiger charge is 2.29. The lowest BCUT2D eigenvalue weighted by molar-refractivity contribution is -0.130. The second-order valence-electron chi connectivity index (χ2n) is 6.04. The maximum atomic E-state index is 12.2. The molecule has 0 aliphatic carbocycles. The first-order valence-electron chi connectivity index (χ1n) is 7.98. The van der Waals surface area contributed by atoms with Gasteiger partial charge in [-0.2, -0.15) is 0 Å². The van der Waals surface area contributed by atoms with Crippen molar-refractivity contribution in [3.63, 3.8) is 0 Å². The van der Waals surface area contributed by atoms with Gasteiger partial charge >= 0.3 is 6.03 Å². The molecule has 1 aromatic carbocycles. The van der Waals surface area contributed by atoms with Gasteiger partial charge in [-0.05, 0) is 26.3 Å². The van der Waals surface area contributed by atoms with Gasteiger partial charge in [0.25, 0.3) is 0 Å². The Hall–Kier alpha value is -1.92. The van der Waals surface area contributed by atoms with Gasteiger partial charge in [-0.15, -0.1) is 0 Å². The number of nitrogens with zero attached hydrogens (tertiary/aromatic N) is 1. The summed E-state index contributed by atoms with van der Waals surface area (Å²) in [6, 6.07) is 8.72. The summed E-state index contributed by atoms with van der Waals surface area (Å²) in [6.07, 6.45) is 0.168. The van der Waals surface area contributed by atoms with E-state index in [1.54, 1.807) is 0 Å². The van der Waals surface area contributed by atoms with Crippen LogP contribution in [-0.4, -0.2) is 48.2 Å². The van der Waals surface area contributed by atoms with Gasteiger partial charge in [0.05, 0.1) is 18.2 Å². The van der Waals surface area contributed by atoms with E-state index in [0.717, 1.165) is 5.56 Å². The van der Waals surface area contributed by atoms with E-state index < -0.39 is 6.03 Å². The number of urea groups is 1. The Morgan fingerprint density at radius 2 is 1.83 bits per heavy atom. The molecule has 2 N–H and O–H groups in total. The first-order chi connectivity index (χ1) is 11.0. The predicted octanol–water partition coefficient (Wildman–Crippen LogP) is 1.51. The van der Waals surface area contributed by atoms with Crippen LogP contribution in [0.5, 0.6) is 0 Å². The topological polar surface area (TPSA) is 70.7 Å². The molecule has 0 aromatic heterocycles. The molecule has 0 radical (unpaired) electrons. The largest absolute Gasteiger partial charge is 0.373 e. The lowest BCUT2D eigenvalue weighted by atomic mass is 10.1. The Balaban J connectivity index is 1.79. The molecule has 1 heterocycles. The molecule has 23 heavy (non-hydrogen) atoms. The smallest absolute Gasteiger partial charge is 0.321 e. The molecule has 0 spiro atoms. The molecule has 6 nitrogen and oxygen atoms in total. The van der Waals surface area contributed by atoms with Crippen LogP contribution in [0.4, 0.5) is 4.79 Å². The Morgan fingerprint density at radius 1 is 1.22 bits per heavy atom. The summed E-state index contributed by atoms with van der Waals surface area (Å²) < 4.78 is 5.66. The van der Waals surface area contributed by atoms with Crippen molar-refractivity contribution in [1.29, 1.82) is 0 Å². The van der Waals surface area contributed by atoms with Crippen molar-refractivity contribution in [2.24, 2.45) is 0 Å². The molecule has 1 saturated heterocycles. The highest BCUT2D eigenvalue weighted by atomic mass is 16.5. The van der Waals surface area contributed by atoms with Crippen LogP contribution in [0.25, 0.3) is 0 Å². The second kappa shape index (κ2) is 8.08. The lowest BCUT2D eigenvalue weighted by Gasteiger charge is -2.38. The maximum absolute atomic E-state index is 12.2. The van der Waals surface area contributed by atoms with E-state index in [9.17, 15) is 9.59 Å². The Bertz CT molecular complexity index is 525. The standard InChI is InChI=1S/C17H25N3O3/c1-12-10-20(11-13(2)23-12)14(3)16(21)19-17(22)18-9-15-7-5-4-6-8-15/h4-8,12-14H,9-11H2,1-3H3,(H2,18,19,21,22). The summed E-state index contributed by atoms with van der Waals surface area (Å²) in [4.78, 5) is 26.1. The summed E-state index contributed by atoms with van der Waals surface area (Å²) in [5, 5.41) is 5.10. The molecule has 0 saturated carbocycles. The third kappa shape index (κ3) is 5.33. The molecule has 0 bridgehead atoms. The number of carbonyl (C=O) groups is 2. The molecule has 6 heteroatoms. The average Bonchev–Trinajstić information content (AvgIpc) is 2.52. The molecule has 1 aromatic rings. The quantitative estimate of drug-likeness (QED) is 0.882. The van der Waals surface area contributed by atoms with Gasteiger partial charge in [-0.1, -0.05) is 30.3 Å². The fraction of sp³-hybridized carbons (Fsp3) is 0.529. The van der Waals surface area contributed by atoms with E-state index in [-0.39, 0.29) is 24.2 Å². The molecular weight excluding hydrogens is 294 g/mol. The summed E-state index contributed by atoms with van der Waals surface area (Å²) in [7, 11) is 0. The third-order valence-corrected chi connectivity index (χ3v) is 3.91. The monoisotopic (exact) mass is 319 g/mol. The normalized spacial score (nSPS) is 23.1.